The molecule has 0 bridgehead atoms. The van der Waals surface area contributed by atoms with Crippen LogP contribution >= 0.6 is 11.6 Å². The van der Waals surface area contributed by atoms with E-state index in [4.69, 9.17) is 11.6 Å². The summed E-state index contributed by atoms with van der Waals surface area (Å²) in [5, 5.41) is 33.7. The minimum absolute atomic E-state index is 0.0339. The first-order valence-electron chi connectivity index (χ1n) is 7.97. The molecule has 3 aromatic heterocycles. The summed E-state index contributed by atoms with van der Waals surface area (Å²) in [5.41, 5.74) is 2.38. The lowest BCUT2D eigenvalue weighted by Gasteiger charge is -2.05. The number of nitrogens with zero attached hydrogens (tertiary/aromatic N) is 6. The topological polar surface area (TPSA) is 101 Å². The van der Waals surface area contributed by atoms with Crippen LogP contribution in [0.15, 0.2) is 55.0 Å². The normalized spacial score (nSPS) is 11.4. The minimum Gasteiger partial charge on any atom is -0.508 e. The van der Waals surface area contributed by atoms with Gasteiger partial charge in [0.15, 0.2) is 17.1 Å². The third-order valence-electron chi connectivity index (χ3n) is 4.25. The number of hydrogen-bond acceptors (Lipinski definition) is 6. The maximum atomic E-state index is 10.1. The molecule has 27 heavy (non-hydrogen) atoms. The standard InChI is InChI=1S/C18H11ClN6O2/c19-10-2-1-3-11(6-10)25-16-14(8-21-25)18-23-22-17(24(18)9-20-16)13-5-4-12(26)7-15(13)27/h1-9,26-27H. The van der Waals surface area contributed by atoms with Crippen molar-refractivity contribution in [3.8, 4) is 28.6 Å². The highest BCUT2D eigenvalue weighted by molar-refractivity contribution is 6.30. The van der Waals surface area contributed by atoms with Gasteiger partial charge < -0.3 is 10.2 Å². The summed E-state index contributed by atoms with van der Waals surface area (Å²) in [6.45, 7) is 0. The maximum absolute atomic E-state index is 10.1. The highest BCUT2D eigenvalue weighted by Crippen LogP contribution is 2.32. The van der Waals surface area contributed by atoms with Crippen molar-refractivity contribution in [1.29, 1.82) is 0 Å². The van der Waals surface area contributed by atoms with Crippen LogP contribution in [0.4, 0.5) is 0 Å². The molecule has 0 aliphatic heterocycles. The minimum atomic E-state index is -0.0981. The van der Waals surface area contributed by atoms with Gasteiger partial charge in [-0.05, 0) is 30.3 Å². The number of aromatic hydroxyl groups is 2. The van der Waals surface area contributed by atoms with E-state index in [1.165, 1.54) is 12.1 Å². The van der Waals surface area contributed by atoms with Crippen LogP contribution in [0.2, 0.25) is 5.02 Å². The molecule has 9 heteroatoms. The Kier molecular flexibility index (Phi) is 3.28. The van der Waals surface area contributed by atoms with Crippen LogP contribution in [0.5, 0.6) is 11.5 Å². The lowest BCUT2D eigenvalue weighted by Crippen LogP contribution is -1.99. The van der Waals surface area contributed by atoms with E-state index in [1.54, 1.807) is 39.8 Å². The summed E-state index contributed by atoms with van der Waals surface area (Å²) < 4.78 is 3.34. The zero-order valence-corrected chi connectivity index (χ0v) is 14.4. The Hall–Kier alpha value is -3.65. The van der Waals surface area contributed by atoms with Crippen LogP contribution in [0.25, 0.3) is 33.8 Å². The largest absolute Gasteiger partial charge is 0.508 e. The Morgan fingerprint density at radius 1 is 0.963 bits per heavy atom. The predicted molar refractivity (Wildman–Crippen MR) is 99.2 cm³/mol. The molecule has 8 nitrogen and oxygen atoms in total. The fourth-order valence-electron chi connectivity index (χ4n) is 3.01. The smallest absolute Gasteiger partial charge is 0.175 e. The van der Waals surface area contributed by atoms with Gasteiger partial charge in [-0.25, -0.2) is 9.67 Å². The van der Waals surface area contributed by atoms with Gasteiger partial charge in [0.05, 0.1) is 22.8 Å². The van der Waals surface area contributed by atoms with Gasteiger partial charge in [-0.1, -0.05) is 17.7 Å². The molecule has 0 amide bonds. The van der Waals surface area contributed by atoms with Gasteiger partial charge >= 0.3 is 0 Å². The van der Waals surface area contributed by atoms with Gasteiger partial charge in [0.2, 0.25) is 0 Å². The van der Waals surface area contributed by atoms with E-state index in [9.17, 15) is 10.2 Å². The second-order valence-corrected chi connectivity index (χ2v) is 6.37. The van der Waals surface area contributed by atoms with Gasteiger partial charge in [0, 0.05) is 11.1 Å². The number of aromatic nitrogens is 6. The van der Waals surface area contributed by atoms with Crippen LogP contribution in [-0.4, -0.2) is 39.6 Å². The van der Waals surface area contributed by atoms with Crippen LogP contribution in [0.1, 0.15) is 0 Å². The van der Waals surface area contributed by atoms with Crippen LogP contribution in [0, 0.1) is 0 Å². The quantitative estimate of drug-likeness (QED) is 0.489. The van der Waals surface area contributed by atoms with Crippen molar-refractivity contribution in [3.05, 3.63) is 60.0 Å². The summed E-state index contributed by atoms with van der Waals surface area (Å²) in [6, 6.07) is 11.6. The van der Waals surface area contributed by atoms with Crippen LogP contribution in [-0.2, 0) is 0 Å². The van der Waals surface area contributed by atoms with E-state index >= 15 is 0 Å². The van der Waals surface area contributed by atoms with Crippen molar-refractivity contribution >= 4 is 28.3 Å². The lowest BCUT2D eigenvalue weighted by molar-refractivity contribution is 0.451. The highest BCUT2D eigenvalue weighted by atomic mass is 35.5. The monoisotopic (exact) mass is 378 g/mol. The molecule has 2 N–H and O–H groups in total. The van der Waals surface area contributed by atoms with E-state index in [1.807, 2.05) is 12.1 Å². The molecule has 0 spiro atoms. The fraction of sp³-hybridized carbons (Fsp3) is 0. The summed E-state index contributed by atoms with van der Waals surface area (Å²) in [4.78, 5) is 4.49. The van der Waals surface area contributed by atoms with Gasteiger partial charge in [0.25, 0.3) is 0 Å². The molecular formula is C18H11ClN6O2. The van der Waals surface area contributed by atoms with E-state index in [-0.39, 0.29) is 11.5 Å². The Balaban J connectivity index is 1.73. The molecule has 0 saturated carbocycles. The predicted octanol–water partition coefficient (Wildman–Crippen LogP) is 3.19. The molecule has 0 saturated heterocycles. The maximum Gasteiger partial charge on any atom is 0.175 e. The number of halogens is 1. The number of phenols is 2. The number of phenolic OH excluding ortho intramolecular Hbond substituents is 2. The third-order valence-corrected chi connectivity index (χ3v) is 4.49. The molecule has 5 rings (SSSR count). The summed E-state index contributed by atoms with van der Waals surface area (Å²) in [7, 11) is 0. The second kappa shape index (κ2) is 5.68. The summed E-state index contributed by atoms with van der Waals surface area (Å²) in [5.74, 6) is 0.278. The third kappa shape index (κ3) is 2.38. The zero-order valence-electron chi connectivity index (χ0n) is 13.7. The first kappa shape index (κ1) is 15.6. The average molecular weight is 379 g/mol. The van der Waals surface area contributed by atoms with E-state index < -0.39 is 0 Å². The van der Waals surface area contributed by atoms with Crippen molar-refractivity contribution in [2.75, 3.05) is 0 Å². The molecule has 0 unspecified atom stereocenters. The molecule has 0 aliphatic carbocycles. The van der Waals surface area contributed by atoms with Crippen molar-refractivity contribution in [3.63, 3.8) is 0 Å². The molecule has 0 atom stereocenters. The van der Waals surface area contributed by atoms with E-state index in [2.05, 4.69) is 20.3 Å². The molecule has 0 fully saturated rings. The molecular weight excluding hydrogens is 368 g/mol. The lowest BCUT2D eigenvalue weighted by atomic mass is 10.2. The highest BCUT2D eigenvalue weighted by Gasteiger charge is 2.17. The summed E-state index contributed by atoms with van der Waals surface area (Å²) in [6.07, 6.45) is 3.23. The Bertz CT molecular complexity index is 1330. The van der Waals surface area contributed by atoms with Crippen molar-refractivity contribution in [2.24, 2.45) is 0 Å². The van der Waals surface area contributed by atoms with Crippen LogP contribution in [0.3, 0.4) is 0 Å². The Morgan fingerprint density at radius 3 is 2.67 bits per heavy atom. The molecule has 0 aliphatic rings. The molecule has 2 aromatic carbocycles. The average Bonchev–Trinajstić information content (AvgIpc) is 3.25. The van der Waals surface area contributed by atoms with E-state index in [0.29, 0.717) is 33.1 Å². The van der Waals surface area contributed by atoms with Crippen LogP contribution < -0.4 is 0 Å². The van der Waals surface area contributed by atoms with Gasteiger partial charge in [-0.15, -0.1) is 10.2 Å². The van der Waals surface area contributed by atoms with Gasteiger partial charge in [-0.2, -0.15) is 5.10 Å². The molecule has 132 valence electrons. The molecule has 5 aromatic rings. The number of fused-ring (bicyclic) bond motifs is 3. The van der Waals surface area contributed by atoms with Gasteiger partial charge in [0.1, 0.15) is 17.8 Å². The zero-order chi connectivity index (χ0) is 18.5. The first-order valence-corrected chi connectivity index (χ1v) is 8.35. The van der Waals surface area contributed by atoms with Crippen molar-refractivity contribution < 1.29 is 10.2 Å². The fourth-order valence-corrected chi connectivity index (χ4v) is 3.19. The molecule has 0 radical (unpaired) electrons. The number of hydrogen-bond donors (Lipinski definition) is 2. The van der Waals surface area contributed by atoms with Gasteiger partial charge in [-0.3, -0.25) is 4.40 Å². The van der Waals surface area contributed by atoms with E-state index in [0.717, 1.165) is 5.69 Å². The Labute approximate surface area is 156 Å². The number of benzene rings is 2. The Morgan fingerprint density at radius 2 is 1.85 bits per heavy atom. The first-order chi connectivity index (χ1) is 13.1. The van der Waals surface area contributed by atoms with Crippen molar-refractivity contribution in [2.45, 2.75) is 0 Å². The SMILES string of the molecule is Oc1ccc(-c2nnc3c4cnn(-c5cccc(Cl)c5)c4ncn23)c(O)c1. The number of rotatable bonds is 2. The second-order valence-electron chi connectivity index (χ2n) is 5.94. The molecule has 3 heterocycles. The van der Waals surface area contributed by atoms with Crippen molar-refractivity contribution in [1.82, 2.24) is 29.4 Å². The summed E-state index contributed by atoms with van der Waals surface area (Å²) >= 11 is 6.08.